The Bertz CT molecular complexity index is 801. The van der Waals surface area contributed by atoms with Gasteiger partial charge in [0, 0.05) is 18.8 Å². The van der Waals surface area contributed by atoms with E-state index in [0.717, 1.165) is 19.5 Å². The minimum Gasteiger partial charge on any atom is -0.350 e. The van der Waals surface area contributed by atoms with Gasteiger partial charge in [0.25, 0.3) is 0 Å². The first kappa shape index (κ1) is 16.9. The van der Waals surface area contributed by atoms with E-state index >= 15 is 0 Å². The summed E-state index contributed by atoms with van der Waals surface area (Å²) < 4.78 is 0. The number of rotatable bonds is 5. The van der Waals surface area contributed by atoms with Crippen LogP contribution in [0.3, 0.4) is 0 Å². The van der Waals surface area contributed by atoms with Gasteiger partial charge in [0.1, 0.15) is 6.17 Å². The number of benzene rings is 3. The molecule has 2 atom stereocenters. The fourth-order valence-corrected chi connectivity index (χ4v) is 4.11. The normalized spacial score (nSPS) is 20.4. The molecule has 1 saturated heterocycles. The van der Waals surface area contributed by atoms with Crippen molar-refractivity contribution >= 4 is 5.69 Å². The van der Waals surface area contributed by atoms with Crippen molar-refractivity contribution in [3.63, 3.8) is 0 Å². The second-order valence-electron chi connectivity index (χ2n) is 6.94. The van der Waals surface area contributed by atoms with Gasteiger partial charge in [-0.05, 0) is 29.7 Å². The number of hydrogen-bond acceptors (Lipinski definition) is 2. The first-order valence-electron chi connectivity index (χ1n) is 9.56. The molecule has 2 heteroatoms. The lowest BCUT2D eigenvalue weighted by Crippen LogP contribution is -2.32. The van der Waals surface area contributed by atoms with Crippen LogP contribution in [-0.2, 0) is 0 Å². The minimum atomic E-state index is 0.267. The summed E-state index contributed by atoms with van der Waals surface area (Å²) in [5.74, 6) is 0. The second kappa shape index (κ2) is 7.76. The van der Waals surface area contributed by atoms with Crippen molar-refractivity contribution < 1.29 is 0 Å². The lowest BCUT2D eigenvalue weighted by atomic mass is 10.1. The first-order chi connectivity index (χ1) is 12.9. The van der Waals surface area contributed by atoms with Crippen LogP contribution in [0.1, 0.15) is 36.7 Å². The van der Waals surface area contributed by atoms with E-state index in [2.05, 4.69) is 108 Å². The summed E-state index contributed by atoms with van der Waals surface area (Å²) in [6.45, 7) is 4.37. The Labute approximate surface area is 156 Å². The van der Waals surface area contributed by atoms with Crippen LogP contribution in [0.2, 0.25) is 0 Å². The number of para-hydroxylation sites is 1. The molecule has 0 aromatic heterocycles. The summed E-state index contributed by atoms with van der Waals surface area (Å²) in [4.78, 5) is 5.22. The van der Waals surface area contributed by atoms with Crippen LogP contribution < -0.4 is 4.90 Å². The van der Waals surface area contributed by atoms with Gasteiger partial charge in [-0.1, -0.05) is 85.8 Å². The maximum absolute atomic E-state index is 2.66. The molecular weight excluding hydrogens is 316 g/mol. The highest BCUT2D eigenvalue weighted by Crippen LogP contribution is 2.43. The predicted molar refractivity (Wildman–Crippen MR) is 109 cm³/mol. The SMILES string of the molecule is CCCN1C(c2ccccc2)CN(c2ccccc2)C1c1ccccc1. The third-order valence-corrected chi connectivity index (χ3v) is 5.23. The van der Waals surface area contributed by atoms with Gasteiger partial charge in [0.15, 0.2) is 0 Å². The van der Waals surface area contributed by atoms with E-state index in [1.165, 1.54) is 16.8 Å². The quantitative estimate of drug-likeness (QED) is 0.590. The Morgan fingerprint density at radius 2 is 1.27 bits per heavy atom. The third-order valence-electron chi connectivity index (χ3n) is 5.23. The molecule has 4 rings (SSSR count). The molecule has 0 spiro atoms. The summed E-state index contributed by atoms with van der Waals surface area (Å²) in [6.07, 6.45) is 1.42. The van der Waals surface area contributed by atoms with E-state index in [-0.39, 0.29) is 6.17 Å². The van der Waals surface area contributed by atoms with Crippen LogP contribution in [0.5, 0.6) is 0 Å². The van der Waals surface area contributed by atoms with Crippen LogP contribution >= 0.6 is 0 Å². The van der Waals surface area contributed by atoms with E-state index in [4.69, 9.17) is 0 Å². The molecule has 0 bridgehead atoms. The van der Waals surface area contributed by atoms with Gasteiger partial charge < -0.3 is 4.90 Å². The maximum Gasteiger partial charge on any atom is 0.109 e. The van der Waals surface area contributed by atoms with E-state index in [1.54, 1.807) is 0 Å². The van der Waals surface area contributed by atoms with Gasteiger partial charge in [-0.15, -0.1) is 0 Å². The highest BCUT2D eigenvalue weighted by Gasteiger charge is 2.40. The summed E-state index contributed by atoms with van der Waals surface area (Å²) >= 11 is 0. The molecule has 0 aliphatic carbocycles. The Morgan fingerprint density at radius 3 is 1.85 bits per heavy atom. The zero-order valence-electron chi connectivity index (χ0n) is 15.3. The Morgan fingerprint density at radius 1 is 0.731 bits per heavy atom. The first-order valence-corrected chi connectivity index (χ1v) is 9.56. The monoisotopic (exact) mass is 342 g/mol. The lowest BCUT2D eigenvalue weighted by Gasteiger charge is -2.33. The zero-order valence-corrected chi connectivity index (χ0v) is 15.3. The molecule has 2 nitrogen and oxygen atoms in total. The van der Waals surface area contributed by atoms with Crippen LogP contribution in [0, 0.1) is 0 Å². The molecule has 1 aliphatic heterocycles. The largest absolute Gasteiger partial charge is 0.350 e. The molecule has 1 aliphatic rings. The van der Waals surface area contributed by atoms with Gasteiger partial charge in [-0.25, -0.2) is 0 Å². The molecule has 132 valence electrons. The molecule has 2 unspecified atom stereocenters. The molecule has 0 N–H and O–H groups in total. The van der Waals surface area contributed by atoms with Crippen molar-refractivity contribution in [3.05, 3.63) is 102 Å². The average Bonchev–Trinajstić information content (AvgIpc) is 3.10. The van der Waals surface area contributed by atoms with Crippen LogP contribution in [-0.4, -0.2) is 18.0 Å². The molecule has 0 radical (unpaired) electrons. The summed E-state index contributed by atoms with van der Waals surface area (Å²) in [7, 11) is 0. The standard InChI is InChI=1S/C24H26N2/c1-2-18-25-23(20-12-6-3-7-13-20)19-26(22-16-10-5-11-17-22)24(25)21-14-8-4-9-15-21/h3-17,23-24H,2,18-19H2,1H3. The smallest absolute Gasteiger partial charge is 0.109 e. The predicted octanol–water partition coefficient (Wildman–Crippen LogP) is 5.66. The molecule has 0 saturated carbocycles. The van der Waals surface area contributed by atoms with Crippen molar-refractivity contribution in [2.75, 3.05) is 18.0 Å². The van der Waals surface area contributed by atoms with Crippen LogP contribution in [0.15, 0.2) is 91.0 Å². The van der Waals surface area contributed by atoms with Gasteiger partial charge in [0.05, 0.1) is 6.04 Å². The molecule has 1 fully saturated rings. The number of hydrogen-bond donors (Lipinski definition) is 0. The molecule has 3 aromatic rings. The fraction of sp³-hybridized carbons (Fsp3) is 0.250. The highest BCUT2D eigenvalue weighted by atomic mass is 15.4. The van der Waals surface area contributed by atoms with E-state index in [1.807, 2.05) is 0 Å². The zero-order chi connectivity index (χ0) is 17.8. The molecule has 0 amide bonds. The van der Waals surface area contributed by atoms with Gasteiger partial charge >= 0.3 is 0 Å². The van der Waals surface area contributed by atoms with Gasteiger partial charge in [0.2, 0.25) is 0 Å². The van der Waals surface area contributed by atoms with Crippen molar-refractivity contribution in [1.82, 2.24) is 4.90 Å². The molecule has 26 heavy (non-hydrogen) atoms. The summed E-state index contributed by atoms with van der Waals surface area (Å²) in [6, 6.07) is 33.1. The summed E-state index contributed by atoms with van der Waals surface area (Å²) in [5.41, 5.74) is 4.06. The van der Waals surface area contributed by atoms with Crippen LogP contribution in [0.4, 0.5) is 5.69 Å². The molecule has 1 heterocycles. The topological polar surface area (TPSA) is 6.48 Å². The van der Waals surface area contributed by atoms with Crippen molar-refractivity contribution in [2.45, 2.75) is 25.6 Å². The van der Waals surface area contributed by atoms with E-state index in [9.17, 15) is 0 Å². The Kier molecular flexibility index (Phi) is 5.03. The number of anilines is 1. The third kappa shape index (κ3) is 3.25. The Balaban J connectivity index is 1.79. The van der Waals surface area contributed by atoms with Crippen LogP contribution in [0.25, 0.3) is 0 Å². The Hall–Kier alpha value is -2.58. The fourth-order valence-electron chi connectivity index (χ4n) is 4.11. The van der Waals surface area contributed by atoms with Gasteiger partial charge in [-0.2, -0.15) is 0 Å². The van der Waals surface area contributed by atoms with Crippen molar-refractivity contribution in [3.8, 4) is 0 Å². The van der Waals surface area contributed by atoms with Crippen molar-refractivity contribution in [2.24, 2.45) is 0 Å². The maximum atomic E-state index is 2.66. The second-order valence-corrected chi connectivity index (χ2v) is 6.94. The summed E-state index contributed by atoms with van der Waals surface area (Å²) in [5, 5.41) is 0. The van der Waals surface area contributed by atoms with E-state index in [0.29, 0.717) is 6.04 Å². The molecule has 3 aromatic carbocycles. The highest BCUT2D eigenvalue weighted by molar-refractivity contribution is 5.51. The van der Waals surface area contributed by atoms with Gasteiger partial charge in [-0.3, -0.25) is 4.90 Å². The molecular formula is C24H26N2. The lowest BCUT2D eigenvalue weighted by molar-refractivity contribution is 0.198. The van der Waals surface area contributed by atoms with E-state index < -0.39 is 0 Å². The van der Waals surface area contributed by atoms with Crippen molar-refractivity contribution in [1.29, 1.82) is 0 Å². The minimum absolute atomic E-state index is 0.267. The number of nitrogens with zero attached hydrogens (tertiary/aromatic N) is 2. The average molecular weight is 342 g/mol.